The zero-order chi connectivity index (χ0) is 12.3. The monoisotopic (exact) mass is 333 g/mol. The van der Waals surface area contributed by atoms with Crippen LogP contribution in [0.3, 0.4) is 0 Å². The number of aliphatic hydroxyl groups is 1. The second-order valence-corrected chi connectivity index (χ2v) is 4.54. The molecular weight excluding hydrogens is 327 g/mol. The molecule has 16 heavy (non-hydrogen) atoms. The molecule has 0 saturated carbocycles. The van der Waals surface area contributed by atoms with Gasteiger partial charge in [-0.05, 0) is 22.0 Å². The summed E-state index contributed by atoms with van der Waals surface area (Å²) in [7, 11) is 0. The highest BCUT2D eigenvalue weighted by molar-refractivity contribution is 9.10. The van der Waals surface area contributed by atoms with E-state index in [9.17, 15) is 13.9 Å². The van der Waals surface area contributed by atoms with Crippen LogP contribution in [0.5, 0.6) is 0 Å². The molecule has 1 atom stereocenters. The van der Waals surface area contributed by atoms with Gasteiger partial charge in [-0.15, -0.1) is 11.6 Å². The molecule has 7 heteroatoms. The number of benzene rings is 1. The molecule has 0 aliphatic rings. The minimum Gasteiger partial charge on any atom is -0.390 e. The molecule has 0 aliphatic heterocycles. The predicted molar refractivity (Wildman–Crippen MR) is 64.3 cm³/mol. The van der Waals surface area contributed by atoms with Crippen molar-refractivity contribution in [2.24, 2.45) is 0 Å². The highest BCUT2D eigenvalue weighted by Gasteiger charge is 2.16. The molecule has 0 spiro atoms. The highest BCUT2D eigenvalue weighted by Crippen LogP contribution is 2.34. The van der Waals surface area contributed by atoms with Gasteiger partial charge in [0.25, 0.3) is 0 Å². The number of rotatable bonds is 4. The van der Waals surface area contributed by atoms with Gasteiger partial charge in [-0.1, -0.05) is 11.6 Å². The summed E-state index contributed by atoms with van der Waals surface area (Å²) in [5.74, 6) is -2.04. The molecular formula is C9H8BrCl2F2NO. The molecule has 0 fully saturated rings. The van der Waals surface area contributed by atoms with Gasteiger partial charge < -0.3 is 10.4 Å². The van der Waals surface area contributed by atoms with E-state index in [0.717, 1.165) is 6.07 Å². The van der Waals surface area contributed by atoms with Crippen LogP contribution in [0.15, 0.2) is 10.5 Å². The smallest absolute Gasteiger partial charge is 0.175 e. The summed E-state index contributed by atoms with van der Waals surface area (Å²) >= 11 is 14.0. The van der Waals surface area contributed by atoms with Crippen molar-refractivity contribution in [2.45, 2.75) is 6.10 Å². The fraction of sp³-hybridized carbons (Fsp3) is 0.333. The minimum atomic E-state index is -1.04. The number of nitrogens with one attached hydrogen (secondary N) is 1. The average Bonchev–Trinajstić information content (AvgIpc) is 2.25. The summed E-state index contributed by atoms with van der Waals surface area (Å²) < 4.78 is 26.0. The normalized spacial score (nSPS) is 12.6. The molecule has 1 aromatic carbocycles. The third kappa shape index (κ3) is 3.20. The standard InChI is InChI=1S/C9H8BrCl2F2NO/c10-7-8(14)6(13)1-5(12)9(7)15-3-4(16)2-11/h1,4,15-16H,2-3H2. The number of hydrogen-bond donors (Lipinski definition) is 2. The zero-order valence-electron chi connectivity index (χ0n) is 7.91. The molecule has 0 bridgehead atoms. The summed E-state index contributed by atoms with van der Waals surface area (Å²) in [5.41, 5.74) is 0.185. The van der Waals surface area contributed by atoms with Crippen LogP contribution >= 0.6 is 39.1 Å². The Morgan fingerprint density at radius 2 is 2.12 bits per heavy atom. The maximum atomic E-state index is 13.2. The fourth-order valence-electron chi connectivity index (χ4n) is 1.00. The Kier molecular flexibility index (Phi) is 5.24. The highest BCUT2D eigenvalue weighted by atomic mass is 79.9. The topological polar surface area (TPSA) is 32.3 Å². The minimum absolute atomic E-state index is 0.0209. The van der Waals surface area contributed by atoms with Crippen molar-refractivity contribution in [1.82, 2.24) is 0 Å². The van der Waals surface area contributed by atoms with Gasteiger partial charge in [0, 0.05) is 6.54 Å². The van der Waals surface area contributed by atoms with Crippen molar-refractivity contribution in [3.8, 4) is 0 Å². The van der Waals surface area contributed by atoms with Gasteiger partial charge in [0.2, 0.25) is 0 Å². The SMILES string of the molecule is OC(CCl)CNc1c(Cl)cc(F)c(F)c1Br. The van der Waals surface area contributed by atoms with Crippen LogP contribution in [-0.4, -0.2) is 23.6 Å². The quantitative estimate of drug-likeness (QED) is 0.502. The summed E-state index contributed by atoms with van der Waals surface area (Å²) in [4.78, 5) is 0. The van der Waals surface area contributed by atoms with E-state index < -0.39 is 17.7 Å². The molecule has 1 unspecified atom stereocenters. The number of anilines is 1. The lowest BCUT2D eigenvalue weighted by atomic mass is 10.3. The first-order chi connectivity index (χ1) is 7.47. The van der Waals surface area contributed by atoms with Crippen LogP contribution in [0.4, 0.5) is 14.5 Å². The van der Waals surface area contributed by atoms with E-state index in [4.69, 9.17) is 23.2 Å². The largest absolute Gasteiger partial charge is 0.390 e. The van der Waals surface area contributed by atoms with Crippen LogP contribution < -0.4 is 5.32 Å². The van der Waals surface area contributed by atoms with Crippen molar-refractivity contribution < 1.29 is 13.9 Å². The van der Waals surface area contributed by atoms with Crippen LogP contribution in [-0.2, 0) is 0 Å². The number of aliphatic hydroxyl groups excluding tert-OH is 1. The molecule has 2 nitrogen and oxygen atoms in total. The Hall–Kier alpha value is -0.100. The van der Waals surface area contributed by atoms with Crippen molar-refractivity contribution in [2.75, 3.05) is 17.7 Å². The van der Waals surface area contributed by atoms with Crippen molar-refractivity contribution in [1.29, 1.82) is 0 Å². The van der Waals surface area contributed by atoms with E-state index in [0.29, 0.717) is 0 Å². The predicted octanol–water partition coefficient (Wildman–Crippen LogP) is 3.39. The van der Waals surface area contributed by atoms with E-state index in [-0.39, 0.29) is 27.6 Å². The molecule has 0 saturated heterocycles. The van der Waals surface area contributed by atoms with Crippen LogP contribution in [0.1, 0.15) is 0 Å². The second-order valence-electron chi connectivity index (χ2n) is 3.03. The maximum Gasteiger partial charge on any atom is 0.175 e. The summed E-state index contributed by atoms with van der Waals surface area (Å²) in [6.45, 7) is 0.0902. The molecule has 0 radical (unpaired) electrons. The van der Waals surface area contributed by atoms with E-state index in [1.54, 1.807) is 0 Å². The molecule has 0 aliphatic carbocycles. The first-order valence-corrected chi connectivity index (χ1v) is 5.98. The molecule has 1 rings (SSSR count). The van der Waals surface area contributed by atoms with Gasteiger partial charge >= 0.3 is 0 Å². The Morgan fingerprint density at radius 1 is 1.50 bits per heavy atom. The van der Waals surface area contributed by atoms with Gasteiger partial charge in [0.15, 0.2) is 11.6 Å². The maximum absolute atomic E-state index is 13.2. The Labute approximate surface area is 110 Å². The van der Waals surface area contributed by atoms with Gasteiger partial charge in [0.05, 0.1) is 27.2 Å². The third-order valence-electron chi connectivity index (χ3n) is 1.81. The van der Waals surface area contributed by atoms with Crippen molar-refractivity contribution >= 4 is 44.8 Å². The van der Waals surface area contributed by atoms with E-state index in [1.165, 1.54) is 0 Å². The summed E-state index contributed by atoms with van der Waals surface area (Å²) in [5, 5.41) is 11.9. The van der Waals surface area contributed by atoms with Crippen LogP contribution in [0, 0.1) is 11.6 Å². The molecule has 1 aromatic rings. The molecule has 0 amide bonds. The molecule has 0 heterocycles. The van der Waals surface area contributed by atoms with Crippen molar-refractivity contribution in [3.05, 3.63) is 27.2 Å². The number of hydrogen-bond acceptors (Lipinski definition) is 2. The van der Waals surface area contributed by atoms with Gasteiger partial charge in [-0.2, -0.15) is 0 Å². The summed E-state index contributed by atoms with van der Waals surface area (Å²) in [6, 6.07) is 0.858. The van der Waals surface area contributed by atoms with Gasteiger partial charge in [-0.25, -0.2) is 8.78 Å². The van der Waals surface area contributed by atoms with Gasteiger partial charge in [0.1, 0.15) is 0 Å². The number of halogens is 5. The third-order valence-corrected chi connectivity index (χ3v) is 3.21. The second kappa shape index (κ2) is 6.00. The van der Waals surface area contributed by atoms with Crippen LogP contribution in [0.2, 0.25) is 5.02 Å². The lowest BCUT2D eigenvalue weighted by Crippen LogP contribution is -2.21. The Balaban J connectivity index is 2.92. The van der Waals surface area contributed by atoms with E-state index in [2.05, 4.69) is 21.2 Å². The van der Waals surface area contributed by atoms with E-state index >= 15 is 0 Å². The Morgan fingerprint density at radius 3 is 2.69 bits per heavy atom. The lowest BCUT2D eigenvalue weighted by Gasteiger charge is -2.13. The lowest BCUT2D eigenvalue weighted by molar-refractivity contribution is 0.211. The molecule has 90 valence electrons. The average molecular weight is 335 g/mol. The first kappa shape index (κ1) is 14.0. The molecule has 2 N–H and O–H groups in total. The number of alkyl halides is 1. The van der Waals surface area contributed by atoms with E-state index in [1.807, 2.05) is 0 Å². The van der Waals surface area contributed by atoms with Crippen molar-refractivity contribution in [3.63, 3.8) is 0 Å². The van der Waals surface area contributed by atoms with Crippen LogP contribution in [0.25, 0.3) is 0 Å². The fourth-order valence-corrected chi connectivity index (χ4v) is 2.03. The zero-order valence-corrected chi connectivity index (χ0v) is 11.0. The summed E-state index contributed by atoms with van der Waals surface area (Å²) in [6.07, 6.45) is -0.794. The Bertz CT molecular complexity index is 392. The molecule has 0 aromatic heterocycles. The van der Waals surface area contributed by atoms with Gasteiger partial charge in [-0.3, -0.25) is 0 Å². The first-order valence-electron chi connectivity index (χ1n) is 4.28.